The molecule has 1 N–H and O–H groups in total. The summed E-state index contributed by atoms with van der Waals surface area (Å²) in [6.07, 6.45) is 0.848. The Kier molecular flexibility index (Phi) is 6.28. The molecule has 0 saturated heterocycles. The van der Waals surface area contributed by atoms with Crippen LogP contribution < -0.4 is 14.4 Å². The van der Waals surface area contributed by atoms with Crippen LogP contribution >= 0.6 is 11.3 Å². The van der Waals surface area contributed by atoms with Gasteiger partial charge in [-0.1, -0.05) is 31.2 Å². The zero-order chi connectivity index (χ0) is 22.7. The third-order valence-corrected chi connectivity index (χ3v) is 6.04. The topological polar surface area (TPSA) is 76.1 Å². The van der Waals surface area contributed by atoms with Crippen molar-refractivity contribution < 1.29 is 24.2 Å². The highest BCUT2D eigenvalue weighted by Gasteiger charge is 2.45. The summed E-state index contributed by atoms with van der Waals surface area (Å²) in [5.74, 6) is -0.357. The van der Waals surface area contributed by atoms with Crippen LogP contribution in [0.3, 0.4) is 0 Å². The van der Waals surface area contributed by atoms with E-state index in [2.05, 4.69) is 0 Å². The molecule has 0 saturated carbocycles. The third-order valence-electron chi connectivity index (χ3n) is 5.18. The van der Waals surface area contributed by atoms with Crippen LogP contribution in [0.2, 0.25) is 0 Å². The number of benzene rings is 2. The third kappa shape index (κ3) is 3.99. The Labute approximate surface area is 190 Å². The maximum absolute atomic E-state index is 13.3. The fourth-order valence-electron chi connectivity index (χ4n) is 3.71. The average molecular weight is 450 g/mol. The van der Waals surface area contributed by atoms with Crippen molar-refractivity contribution in [1.29, 1.82) is 0 Å². The van der Waals surface area contributed by atoms with Crippen LogP contribution in [0.15, 0.2) is 77.4 Å². The minimum Gasteiger partial charge on any atom is -0.503 e. The lowest BCUT2D eigenvalue weighted by atomic mass is 9.95. The first-order valence-electron chi connectivity index (χ1n) is 10.3. The number of hydrogen-bond donors (Lipinski definition) is 1. The van der Waals surface area contributed by atoms with E-state index in [0.29, 0.717) is 34.2 Å². The van der Waals surface area contributed by atoms with Gasteiger partial charge in [0.2, 0.25) is 5.78 Å². The molecule has 4 rings (SSSR count). The number of hydrogen-bond acceptors (Lipinski definition) is 6. The molecule has 32 heavy (non-hydrogen) atoms. The summed E-state index contributed by atoms with van der Waals surface area (Å²) in [5, 5.41) is 12.6. The highest BCUT2D eigenvalue weighted by molar-refractivity contribution is 7.12. The average Bonchev–Trinajstić information content (AvgIpc) is 3.45. The molecule has 2 aromatic carbocycles. The van der Waals surface area contributed by atoms with Gasteiger partial charge in [0.1, 0.15) is 11.5 Å². The summed E-state index contributed by atoms with van der Waals surface area (Å²) in [5.41, 5.74) is 1.23. The maximum atomic E-state index is 13.3. The van der Waals surface area contributed by atoms with Gasteiger partial charge in [-0.05, 0) is 47.7 Å². The van der Waals surface area contributed by atoms with Gasteiger partial charge in [-0.15, -0.1) is 11.3 Å². The standard InChI is InChI=1S/C25H23NO5S/c1-3-12-31-19-10-5-8-17(15-19)26-22(16-7-4-9-18(14-16)30-2)21(24(28)25(26)29)23(27)20-11-6-13-32-20/h4-11,13-15,22,28H,3,12H2,1-2H3. The molecule has 7 heteroatoms. The number of ketones is 1. The summed E-state index contributed by atoms with van der Waals surface area (Å²) in [7, 11) is 1.55. The molecular formula is C25H23NO5S. The quantitative estimate of drug-likeness (QED) is 0.471. The van der Waals surface area contributed by atoms with Gasteiger partial charge >= 0.3 is 0 Å². The molecule has 3 aromatic rings. The molecule has 0 bridgehead atoms. The van der Waals surface area contributed by atoms with E-state index in [-0.39, 0.29) is 11.4 Å². The SMILES string of the molecule is CCCOc1cccc(N2C(=O)C(O)=C(C(=O)c3cccs3)C2c2cccc(OC)c2)c1. The van der Waals surface area contributed by atoms with E-state index >= 15 is 0 Å². The summed E-state index contributed by atoms with van der Waals surface area (Å²) < 4.78 is 11.1. The summed E-state index contributed by atoms with van der Waals surface area (Å²) >= 11 is 1.27. The smallest absolute Gasteiger partial charge is 0.294 e. The zero-order valence-electron chi connectivity index (χ0n) is 17.8. The summed E-state index contributed by atoms with van der Waals surface area (Å²) in [6, 6.07) is 16.9. The Hall–Kier alpha value is -3.58. The van der Waals surface area contributed by atoms with Crippen LogP contribution in [0.5, 0.6) is 11.5 Å². The summed E-state index contributed by atoms with van der Waals surface area (Å²) in [6.45, 7) is 2.55. The van der Waals surface area contributed by atoms with Crippen molar-refractivity contribution in [3.05, 3.63) is 87.8 Å². The lowest BCUT2D eigenvalue weighted by molar-refractivity contribution is -0.117. The molecule has 1 aromatic heterocycles. The molecule has 1 aliphatic rings. The fourth-order valence-corrected chi connectivity index (χ4v) is 4.39. The van der Waals surface area contributed by atoms with Crippen molar-refractivity contribution in [2.24, 2.45) is 0 Å². The number of nitrogens with zero attached hydrogens (tertiary/aromatic N) is 1. The number of carbonyl (C=O) groups excluding carboxylic acids is 2. The van der Waals surface area contributed by atoms with Gasteiger partial charge < -0.3 is 14.6 Å². The number of carbonyl (C=O) groups is 2. The molecule has 0 radical (unpaired) electrons. The molecule has 0 fully saturated rings. The number of rotatable bonds is 8. The van der Waals surface area contributed by atoms with Gasteiger partial charge in [0.05, 0.1) is 30.2 Å². The highest BCUT2D eigenvalue weighted by Crippen LogP contribution is 2.43. The predicted octanol–water partition coefficient (Wildman–Crippen LogP) is 5.33. The Morgan fingerprint density at radius 2 is 1.88 bits per heavy atom. The van der Waals surface area contributed by atoms with E-state index in [4.69, 9.17) is 9.47 Å². The molecule has 164 valence electrons. The highest BCUT2D eigenvalue weighted by atomic mass is 32.1. The molecule has 6 nitrogen and oxygen atoms in total. The minimum absolute atomic E-state index is 0.0468. The number of amides is 1. The van der Waals surface area contributed by atoms with E-state index in [1.54, 1.807) is 61.0 Å². The Balaban J connectivity index is 1.84. The van der Waals surface area contributed by atoms with Crippen LogP contribution in [0.4, 0.5) is 5.69 Å². The van der Waals surface area contributed by atoms with Gasteiger partial charge in [0, 0.05) is 11.8 Å². The number of aliphatic hydroxyl groups excluding tert-OH is 1. The number of aliphatic hydroxyl groups is 1. The molecule has 1 aliphatic heterocycles. The van der Waals surface area contributed by atoms with E-state index in [1.807, 2.05) is 19.1 Å². The van der Waals surface area contributed by atoms with Crippen molar-refractivity contribution in [3.63, 3.8) is 0 Å². The van der Waals surface area contributed by atoms with Crippen molar-refractivity contribution in [2.45, 2.75) is 19.4 Å². The molecular weight excluding hydrogens is 426 g/mol. The van der Waals surface area contributed by atoms with E-state index in [9.17, 15) is 14.7 Å². The second-order valence-corrected chi connectivity index (χ2v) is 8.22. The minimum atomic E-state index is -0.811. The Morgan fingerprint density at radius 3 is 2.59 bits per heavy atom. The zero-order valence-corrected chi connectivity index (χ0v) is 18.6. The van der Waals surface area contributed by atoms with Crippen LogP contribution in [0.1, 0.15) is 34.6 Å². The molecule has 1 amide bonds. The van der Waals surface area contributed by atoms with Gasteiger partial charge in [-0.2, -0.15) is 0 Å². The van der Waals surface area contributed by atoms with E-state index in [0.717, 1.165) is 6.42 Å². The van der Waals surface area contributed by atoms with Crippen LogP contribution in [0, 0.1) is 0 Å². The van der Waals surface area contributed by atoms with Crippen molar-refractivity contribution in [2.75, 3.05) is 18.6 Å². The van der Waals surface area contributed by atoms with Gasteiger partial charge in [0.25, 0.3) is 5.91 Å². The second-order valence-electron chi connectivity index (χ2n) is 7.27. The van der Waals surface area contributed by atoms with Gasteiger partial charge in [0.15, 0.2) is 5.76 Å². The predicted molar refractivity (Wildman–Crippen MR) is 124 cm³/mol. The Morgan fingerprint density at radius 1 is 1.09 bits per heavy atom. The van der Waals surface area contributed by atoms with Gasteiger partial charge in [-0.25, -0.2) is 0 Å². The molecule has 1 unspecified atom stereocenters. The number of methoxy groups -OCH3 is 1. The lowest BCUT2D eigenvalue weighted by Crippen LogP contribution is -2.31. The van der Waals surface area contributed by atoms with Crippen molar-refractivity contribution in [3.8, 4) is 11.5 Å². The number of thiophene rings is 1. The van der Waals surface area contributed by atoms with E-state index < -0.39 is 17.7 Å². The van der Waals surface area contributed by atoms with Crippen LogP contribution in [0.25, 0.3) is 0 Å². The lowest BCUT2D eigenvalue weighted by Gasteiger charge is -2.27. The molecule has 0 aliphatic carbocycles. The van der Waals surface area contributed by atoms with Crippen LogP contribution in [-0.4, -0.2) is 30.5 Å². The summed E-state index contributed by atoms with van der Waals surface area (Å²) in [4.78, 5) is 28.5. The molecule has 1 atom stereocenters. The van der Waals surface area contributed by atoms with Gasteiger partial charge in [-0.3, -0.25) is 14.5 Å². The first-order valence-corrected chi connectivity index (χ1v) is 11.1. The largest absolute Gasteiger partial charge is 0.503 e. The fraction of sp³-hybridized carbons (Fsp3) is 0.200. The van der Waals surface area contributed by atoms with E-state index in [1.165, 1.54) is 16.2 Å². The Bertz CT molecular complexity index is 1170. The molecule has 0 spiro atoms. The maximum Gasteiger partial charge on any atom is 0.294 e. The normalized spacial score (nSPS) is 15.9. The monoisotopic (exact) mass is 449 g/mol. The van der Waals surface area contributed by atoms with Crippen molar-refractivity contribution >= 4 is 28.7 Å². The number of ether oxygens (including phenoxy) is 2. The second kappa shape index (κ2) is 9.28. The number of Topliss-reactive ketones (excluding diaryl/α,β-unsaturated/α-hetero) is 1. The first-order chi connectivity index (χ1) is 15.5. The van der Waals surface area contributed by atoms with Crippen LogP contribution in [-0.2, 0) is 4.79 Å². The van der Waals surface area contributed by atoms with Crippen molar-refractivity contribution in [1.82, 2.24) is 0 Å². The molecule has 2 heterocycles. The number of anilines is 1. The first kappa shape index (κ1) is 21.6.